The summed E-state index contributed by atoms with van der Waals surface area (Å²) in [6, 6.07) is 18.6. The van der Waals surface area contributed by atoms with E-state index in [1.54, 1.807) is 0 Å². The SMILES string of the molecule is CS(=O)(=O)O.NCC(Cc1ccc(Cc2ccccc2)cc1)C(N)=O. The molecule has 0 aliphatic heterocycles. The number of benzene rings is 2. The molecule has 6 nitrogen and oxygen atoms in total. The molecule has 0 fully saturated rings. The second-order valence-electron chi connectivity index (χ2n) is 5.75. The Bertz CT molecular complexity index is 751. The van der Waals surface area contributed by atoms with Crippen molar-refractivity contribution >= 4 is 16.0 Å². The molecular weight excluding hydrogens is 340 g/mol. The Morgan fingerprint density at radius 3 is 1.88 bits per heavy atom. The summed E-state index contributed by atoms with van der Waals surface area (Å²) in [7, 11) is -3.67. The van der Waals surface area contributed by atoms with Crippen molar-refractivity contribution in [2.45, 2.75) is 12.8 Å². The fourth-order valence-corrected chi connectivity index (χ4v) is 2.21. The van der Waals surface area contributed by atoms with E-state index in [1.165, 1.54) is 11.1 Å². The number of amides is 1. The van der Waals surface area contributed by atoms with Crippen molar-refractivity contribution in [1.82, 2.24) is 0 Å². The maximum atomic E-state index is 11.2. The first-order valence-electron chi connectivity index (χ1n) is 7.72. The lowest BCUT2D eigenvalue weighted by atomic mass is 9.97. The van der Waals surface area contributed by atoms with Gasteiger partial charge in [-0.15, -0.1) is 0 Å². The van der Waals surface area contributed by atoms with Crippen LogP contribution in [0.25, 0.3) is 0 Å². The van der Waals surface area contributed by atoms with Crippen LogP contribution >= 0.6 is 0 Å². The molecule has 0 aliphatic rings. The Balaban J connectivity index is 0.000000550. The number of rotatable bonds is 6. The van der Waals surface area contributed by atoms with Gasteiger partial charge in [-0.1, -0.05) is 54.6 Å². The third-order valence-electron chi connectivity index (χ3n) is 3.44. The van der Waals surface area contributed by atoms with Gasteiger partial charge in [0.2, 0.25) is 5.91 Å². The summed E-state index contributed by atoms with van der Waals surface area (Å²) in [5, 5.41) is 0. The average molecular weight is 364 g/mol. The van der Waals surface area contributed by atoms with E-state index >= 15 is 0 Å². The van der Waals surface area contributed by atoms with Gasteiger partial charge in [0, 0.05) is 6.54 Å². The van der Waals surface area contributed by atoms with Crippen LogP contribution in [0.15, 0.2) is 54.6 Å². The Kier molecular flexibility index (Phi) is 8.27. The number of carbonyl (C=O) groups excluding carboxylic acids is 1. The number of primary amides is 1. The zero-order valence-corrected chi connectivity index (χ0v) is 14.9. The standard InChI is InChI=1S/C17H20N2O.CH4O3S/c18-12-16(17(19)20)11-15-8-6-14(7-9-15)10-13-4-2-1-3-5-13;1-5(2,3)4/h1-9,16H,10-12,18H2,(H2,19,20);1H3,(H,2,3,4). The molecule has 0 radical (unpaired) electrons. The Labute approximate surface area is 148 Å². The van der Waals surface area contributed by atoms with Gasteiger partial charge in [-0.2, -0.15) is 8.42 Å². The summed E-state index contributed by atoms with van der Waals surface area (Å²) >= 11 is 0. The number of hydrogen-bond donors (Lipinski definition) is 3. The van der Waals surface area contributed by atoms with E-state index in [-0.39, 0.29) is 11.8 Å². The fourth-order valence-electron chi connectivity index (χ4n) is 2.21. The van der Waals surface area contributed by atoms with Crippen molar-refractivity contribution in [1.29, 1.82) is 0 Å². The topological polar surface area (TPSA) is 123 Å². The minimum Gasteiger partial charge on any atom is -0.369 e. The summed E-state index contributed by atoms with van der Waals surface area (Å²) in [4.78, 5) is 11.2. The second kappa shape index (κ2) is 9.93. The highest BCUT2D eigenvalue weighted by atomic mass is 32.2. The smallest absolute Gasteiger partial charge is 0.261 e. The van der Waals surface area contributed by atoms with Crippen LogP contribution in [0, 0.1) is 5.92 Å². The van der Waals surface area contributed by atoms with Crippen LogP contribution < -0.4 is 11.5 Å². The molecule has 0 bridgehead atoms. The monoisotopic (exact) mass is 364 g/mol. The van der Waals surface area contributed by atoms with Crippen LogP contribution in [0.4, 0.5) is 0 Å². The van der Waals surface area contributed by atoms with Gasteiger partial charge in [-0.05, 0) is 29.5 Å². The summed E-state index contributed by atoms with van der Waals surface area (Å²) in [6.45, 7) is 0.293. The molecule has 1 amide bonds. The van der Waals surface area contributed by atoms with Gasteiger partial charge < -0.3 is 11.5 Å². The number of hydrogen-bond acceptors (Lipinski definition) is 4. The second-order valence-corrected chi connectivity index (χ2v) is 7.22. The first-order chi connectivity index (χ1) is 11.7. The predicted octanol–water partition coefficient (Wildman–Crippen LogP) is 1.38. The molecule has 136 valence electrons. The molecule has 0 aliphatic carbocycles. The number of carbonyl (C=O) groups is 1. The Morgan fingerprint density at radius 1 is 1.00 bits per heavy atom. The molecule has 0 spiro atoms. The average Bonchev–Trinajstić information content (AvgIpc) is 2.53. The highest BCUT2D eigenvalue weighted by Gasteiger charge is 2.13. The van der Waals surface area contributed by atoms with Crippen LogP contribution in [-0.4, -0.2) is 31.7 Å². The van der Waals surface area contributed by atoms with E-state index in [4.69, 9.17) is 16.0 Å². The predicted molar refractivity (Wildman–Crippen MR) is 98.6 cm³/mol. The van der Waals surface area contributed by atoms with Crippen LogP contribution in [0.1, 0.15) is 16.7 Å². The van der Waals surface area contributed by atoms with Crippen LogP contribution in [0.3, 0.4) is 0 Å². The van der Waals surface area contributed by atoms with Gasteiger partial charge in [-0.25, -0.2) is 0 Å². The van der Waals surface area contributed by atoms with Gasteiger partial charge in [0.05, 0.1) is 12.2 Å². The number of nitrogens with two attached hydrogens (primary N) is 2. The summed E-state index contributed by atoms with van der Waals surface area (Å²) in [5.41, 5.74) is 14.5. The lowest BCUT2D eigenvalue weighted by Crippen LogP contribution is -2.31. The molecular formula is C18H24N2O4S. The summed E-state index contributed by atoms with van der Waals surface area (Å²) in [5.74, 6) is -0.615. The molecule has 0 saturated heterocycles. The van der Waals surface area contributed by atoms with Crippen LogP contribution in [0.2, 0.25) is 0 Å². The maximum Gasteiger partial charge on any atom is 0.261 e. The van der Waals surface area contributed by atoms with Gasteiger partial charge in [-0.3, -0.25) is 9.35 Å². The van der Waals surface area contributed by atoms with Crippen molar-refractivity contribution in [2.75, 3.05) is 12.8 Å². The highest BCUT2D eigenvalue weighted by Crippen LogP contribution is 2.13. The molecule has 0 heterocycles. The molecule has 0 saturated carbocycles. The zero-order valence-electron chi connectivity index (χ0n) is 14.1. The van der Waals surface area contributed by atoms with E-state index in [9.17, 15) is 13.2 Å². The summed E-state index contributed by atoms with van der Waals surface area (Å²) in [6.07, 6.45) is 2.24. The first kappa shape index (κ1) is 20.8. The van der Waals surface area contributed by atoms with E-state index in [0.29, 0.717) is 19.2 Å². The molecule has 2 rings (SSSR count). The van der Waals surface area contributed by atoms with Gasteiger partial charge >= 0.3 is 0 Å². The third kappa shape index (κ3) is 9.61. The molecule has 1 atom stereocenters. The van der Waals surface area contributed by atoms with Gasteiger partial charge in [0.25, 0.3) is 10.1 Å². The highest BCUT2D eigenvalue weighted by molar-refractivity contribution is 7.85. The Morgan fingerprint density at radius 2 is 1.44 bits per heavy atom. The fraction of sp³-hybridized carbons (Fsp3) is 0.278. The van der Waals surface area contributed by atoms with E-state index in [1.807, 2.05) is 30.3 Å². The minimum atomic E-state index is -3.67. The molecule has 0 aromatic heterocycles. The first-order valence-corrected chi connectivity index (χ1v) is 9.57. The van der Waals surface area contributed by atoms with E-state index < -0.39 is 10.1 Å². The quantitative estimate of drug-likeness (QED) is 0.668. The lowest BCUT2D eigenvalue weighted by Gasteiger charge is -2.11. The molecule has 25 heavy (non-hydrogen) atoms. The van der Waals surface area contributed by atoms with Crippen molar-refractivity contribution in [3.8, 4) is 0 Å². The Hall–Kier alpha value is -2.22. The molecule has 2 aromatic rings. The van der Waals surface area contributed by atoms with Crippen molar-refractivity contribution in [2.24, 2.45) is 17.4 Å². The largest absolute Gasteiger partial charge is 0.369 e. The van der Waals surface area contributed by atoms with E-state index in [2.05, 4.69) is 24.3 Å². The molecule has 7 heteroatoms. The summed E-state index contributed by atoms with van der Waals surface area (Å²) < 4.78 is 25.9. The third-order valence-corrected chi connectivity index (χ3v) is 3.44. The lowest BCUT2D eigenvalue weighted by molar-refractivity contribution is -0.121. The zero-order chi connectivity index (χ0) is 18.9. The molecule has 2 aromatic carbocycles. The van der Waals surface area contributed by atoms with Gasteiger partial charge in [0.1, 0.15) is 0 Å². The normalized spacial score (nSPS) is 12.0. The molecule has 5 N–H and O–H groups in total. The molecule has 1 unspecified atom stereocenters. The maximum absolute atomic E-state index is 11.2. The van der Waals surface area contributed by atoms with Crippen LogP contribution in [0.5, 0.6) is 0 Å². The van der Waals surface area contributed by atoms with Crippen molar-refractivity contribution in [3.05, 3.63) is 71.3 Å². The van der Waals surface area contributed by atoms with Crippen molar-refractivity contribution < 1.29 is 17.8 Å². The minimum absolute atomic E-state index is 0.282. The van der Waals surface area contributed by atoms with E-state index in [0.717, 1.165) is 12.0 Å². The van der Waals surface area contributed by atoms with Crippen LogP contribution in [-0.2, 0) is 27.8 Å². The van der Waals surface area contributed by atoms with Gasteiger partial charge in [0.15, 0.2) is 0 Å². The van der Waals surface area contributed by atoms with Crippen molar-refractivity contribution in [3.63, 3.8) is 0 Å².